The van der Waals surface area contributed by atoms with Gasteiger partial charge in [0.1, 0.15) is 5.75 Å². The average Bonchev–Trinajstić information content (AvgIpc) is 3.10. The maximum Gasteiger partial charge on any atom is 0.417 e. The van der Waals surface area contributed by atoms with Gasteiger partial charge in [0.05, 0.1) is 27.0 Å². The minimum Gasteiger partial charge on any atom is -0.506 e. The Bertz CT molecular complexity index is 1180. The van der Waals surface area contributed by atoms with Crippen LogP contribution in [0.4, 0.5) is 18.9 Å². The Morgan fingerprint density at radius 2 is 1.97 bits per heavy atom. The molecular weight excluding hydrogens is 448 g/mol. The summed E-state index contributed by atoms with van der Waals surface area (Å²) >= 11 is 11.9. The van der Waals surface area contributed by atoms with Crippen LogP contribution >= 0.6 is 23.2 Å². The molecule has 2 aromatic heterocycles. The highest BCUT2D eigenvalue weighted by molar-refractivity contribution is 6.34. The molecule has 0 atom stereocenters. The largest absolute Gasteiger partial charge is 0.506 e. The summed E-state index contributed by atoms with van der Waals surface area (Å²) in [6, 6.07) is 3.31. The maximum absolute atomic E-state index is 12.9. The summed E-state index contributed by atoms with van der Waals surface area (Å²) in [5, 5.41) is 13.2. The molecule has 0 aliphatic rings. The number of halogens is 5. The van der Waals surface area contributed by atoms with E-state index in [0.29, 0.717) is 18.1 Å². The fraction of sp³-hybridized carbons (Fsp3) is 0.167. The highest BCUT2D eigenvalue weighted by atomic mass is 35.5. The third-order valence-corrected chi connectivity index (χ3v) is 4.63. The topological polar surface area (TPSA) is 102 Å². The number of carbonyl (C=O) groups excluding carboxylic acids is 1. The van der Waals surface area contributed by atoms with Crippen LogP contribution in [0, 0.1) is 0 Å². The van der Waals surface area contributed by atoms with E-state index in [1.165, 1.54) is 12.1 Å². The summed E-state index contributed by atoms with van der Waals surface area (Å²) in [5.74, 6) is -1.23. The number of aromatic hydroxyl groups is 1. The quantitative estimate of drug-likeness (QED) is 0.189. The lowest BCUT2D eigenvalue weighted by Gasteiger charge is -2.08. The lowest BCUT2D eigenvalue weighted by atomic mass is 10.1. The van der Waals surface area contributed by atoms with E-state index < -0.39 is 17.7 Å². The Morgan fingerprint density at radius 3 is 2.60 bits per heavy atom. The first-order chi connectivity index (χ1) is 14.0. The van der Waals surface area contributed by atoms with E-state index in [2.05, 4.69) is 10.1 Å². The summed E-state index contributed by atoms with van der Waals surface area (Å²) in [6.07, 6.45) is -2.52. The minimum absolute atomic E-state index is 0.0503. The Balaban J connectivity index is 1.90. The number of phenols is 1. The molecule has 0 amide bonds. The van der Waals surface area contributed by atoms with Gasteiger partial charge in [0.25, 0.3) is 0 Å². The number of alkyl halides is 3. The second-order valence-corrected chi connectivity index (χ2v) is 6.91. The number of hydrogen-bond donors (Lipinski definition) is 2. The number of fused-ring (bicyclic) bond motifs is 1. The molecule has 158 valence electrons. The van der Waals surface area contributed by atoms with Gasteiger partial charge < -0.3 is 20.1 Å². The molecule has 3 N–H and O–H groups in total. The van der Waals surface area contributed by atoms with Crippen LogP contribution in [0.5, 0.6) is 5.75 Å². The van der Waals surface area contributed by atoms with E-state index in [1.54, 1.807) is 6.92 Å². The number of pyridine rings is 1. The van der Waals surface area contributed by atoms with Gasteiger partial charge in [-0.2, -0.15) is 13.2 Å². The molecule has 2 heterocycles. The second-order valence-electron chi connectivity index (χ2n) is 6.09. The van der Waals surface area contributed by atoms with E-state index in [0.717, 1.165) is 16.8 Å². The van der Waals surface area contributed by atoms with E-state index in [1.807, 2.05) is 0 Å². The van der Waals surface area contributed by atoms with E-state index in [-0.39, 0.29) is 38.5 Å². The zero-order chi connectivity index (χ0) is 22.2. The molecule has 3 aromatic rings. The molecule has 0 unspecified atom stereocenters. The molecule has 30 heavy (non-hydrogen) atoms. The Kier molecular flexibility index (Phi) is 5.82. The molecule has 0 radical (unpaired) electrons. The number of phenolic OH excluding ortho intramolecular Hbond substituents is 1. The smallest absolute Gasteiger partial charge is 0.417 e. The Morgan fingerprint density at radius 1 is 1.27 bits per heavy atom. The van der Waals surface area contributed by atoms with Crippen molar-refractivity contribution in [3.05, 3.63) is 57.5 Å². The van der Waals surface area contributed by atoms with Crippen LogP contribution in [-0.4, -0.2) is 26.2 Å². The molecule has 7 nitrogen and oxygen atoms in total. The SMILES string of the molecule is CC/C(=N\OC(=O)c1cn2cc(C(F)(F)F)cc(Cl)c2n1)c1cc(N)c(O)cc1Cl. The van der Waals surface area contributed by atoms with Crippen LogP contribution in [0.15, 0.2) is 35.7 Å². The van der Waals surface area contributed by atoms with Crippen LogP contribution in [0.25, 0.3) is 5.65 Å². The minimum atomic E-state index is -4.62. The number of benzene rings is 1. The first-order valence-corrected chi connectivity index (χ1v) is 9.08. The van der Waals surface area contributed by atoms with Crippen molar-refractivity contribution in [2.75, 3.05) is 5.73 Å². The number of rotatable bonds is 4. The molecule has 0 saturated heterocycles. The summed E-state index contributed by atoms with van der Waals surface area (Å²) < 4.78 is 39.7. The number of imidazole rings is 1. The number of hydrogen-bond acceptors (Lipinski definition) is 6. The summed E-state index contributed by atoms with van der Waals surface area (Å²) in [4.78, 5) is 21.1. The third kappa shape index (κ3) is 4.29. The van der Waals surface area contributed by atoms with Crippen molar-refractivity contribution in [1.82, 2.24) is 9.38 Å². The van der Waals surface area contributed by atoms with Crippen molar-refractivity contribution in [3.63, 3.8) is 0 Å². The predicted octanol–water partition coefficient (Wildman–Crippen LogP) is 4.92. The zero-order valence-electron chi connectivity index (χ0n) is 15.2. The van der Waals surface area contributed by atoms with Crippen molar-refractivity contribution in [1.29, 1.82) is 0 Å². The van der Waals surface area contributed by atoms with Gasteiger partial charge in [-0.1, -0.05) is 35.3 Å². The molecule has 12 heteroatoms. The molecule has 0 spiro atoms. The average molecular weight is 461 g/mol. The van der Waals surface area contributed by atoms with Gasteiger partial charge in [0, 0.05) is 24.0 Å². The van der Waals surface area contributed by atoms with Crippen LogP contribution in [-0.2, 0) is 11.0 Å². The van der Waals surface area contributed by atoms with Gasteiger partial charge in [-0.15, -0.1) is 0 Å². The fourth-order valence-corrected chi connectivity index (χ4v) is 3.08. The monoisotopic (exact) mass is 460 g/mol. The normalized spacial score (nSPS) is 12.4. The summed E-state index contributed by atoms with van der Waals surface area (Å²) in [6.45, 7) is 1.72. The second kappa shape index (κ2) is 8.04. The number of nitrogens with zero attached hydrogens (tertiary/aromatic N) is 3. The highest BCUT2D eigenvalue weighted by Crippen LogP contribution is 2.32. The van der Waals surface area contributed by atoms with Gasteiger partial charge in [-0.3, -0.25) is 0 Å². The molecule has 0 bridgehead atoms. The van der Waals surface area contributed by atoms with Gasteiger partial charge in [0.2, 0.25) is 0 Å². The van der Waals surface area contributed by atoms with Crippen molar-refractivity contribution in [3.8, 4) is 5.75 Å². The highest BCUT2D eigenvalue weighted by Gasteiger charge is 2.32. The number of aromatic nitrogens is 2. The van der Waals surface area contributed by atoms with Crippen molar-refractivity contribution in [2.24, 2.45) is 5.16 Å². The van der Waals surface area contributed by atoms with Gasteiger partial charge in [-0.25, -0.2) is 9.78 Å². The number of carbonyl (C=O) groups is 1. The van der Waals surface area contributed by atoms with Crippen molar-refractivity contribution < 1.29 is 27.9 Å². The van der Waals surface area contributed by atoms with E-state index >= 15 is 0 Å². The van der Waals surface area contributed by atoms with E-state index in [9.17, 15) is 23.1 Å². The van der Waals surface area contributed by atoms with Gasteiger partial charge in [0.15, 0.2) is 11.3 Å². The fourth-order valence-electron chi connectivity index (χ4n) is 2.56. The number of nitrogen functional groups attached to an aromatic ring is 1. The Labute approximate surface area is 177 Å². The summed E-state index contributed by atoms with van der Waals surface area (Å²) in [7, 11) is 0. The molecule has 1 aromatic carbocycles. The Hall–Kier alpha value is -2.98. The number of oxime groups is 1. The zero-order valence-corrected chi connectivity index (χ0v) is 16.7. The lowest BCUT2D eigenvalue weighted by molar-refractivity contribution is -0.137. The van der Waals surface area contributed by atoms with Gasteiger partial charge >= 0.3 is 12.1 Å². The van der Waals surface area contributed by atoms with Crippen LogP contribution in [0.3, 0.4) is 0 Å². The molecule has 0 aliphatic heterocycles. The number of anilines is 1. The predicted molar refractivity (Wildman–Crippen MR) is 105 cm³/mol. The standard InChI is InChI=1S/C18H13Cl2F3N4O3/c1-2-13(9-4-12(24)15(28)5-10(9)19)26-30-17(29)14-7-27-6-8(18(21,22)23)3-11(20)16(27)25-14/h3-7,28H,2,24H2,1H3/b26-13+. The van der Waals surface area contributed by atoms with E-state index in [4.69, 9.17) is 33.8 Å². The first-order valence-electron chi connectivity index (χ1n) is 8.33. The van der Waals surface area contributed by atoms with Gasteiger partial charge in [-0.05, 0) is 18.6 Å². The lowest BCUT2D eigenvalue weighted by Crippen LogP contribution is -2.07. The molecule has 0 saturated carbocycles. The third-order valence-electron chi connectivity index (χ3n) is 4.04. The van der Waals surface area contributed by atoms with Crippen molar-refractivity contribution in [2.45, 2.75) is 19.5 Å². The maximum atomic E-state index is 12.9. The van der Waals surface area contributed by atoms with Crippen LogP contribution < -0.4 is 5.73 Å². The summed E-state index contributed by atoms with van der Waals surface area (Å²) in [5.41, 5.74) is 4.95. The molecule has 3 rings (SSSR count). The first kappa shape index (κ1) is 21.7. The molecular formula is C18H13Cl2F3N4O3. The number of nitrogens with two attached hydrogens (primary N) is 1. The van der Waals surface area contributed by atoms with Crippen molar-refractivity contribution >= 4 is 46.2 Å². The van der Waals surface area contributed by atoms with Crippen LogP contribution in [0.1, 0.15) is 35.0 Å². The molecule has 0 fully saturated rings. The van der Waals surface area contributed by atoms with Crippen LogP contribution in [0.2, 0.25) is 10.0 Å². The molecule has 0 aliphatic carbocycles.